The van der Waals surface area contributed by atoms with Crippen molar-refractivity contribution in [2.24, 2.45) is 5.84 Å². The molecule has 19 heavy (non-hydrogen) atoms. The minimum Gasteiger partial charge on any atom is -0.348 e. The normalized spacial score (nSPS) is 10.0. The van der Waals surface area contributed by atoms with E-state index in [1.165, 1.54) is 6.20 Å². The number of pyridine rings is 1. The maximum atomic E-state index is 12.0. The van der Waals surface area contributed by atoms with Crippen molar-refractivity contribution in [3.05, 3.63) is 58.9 Å². The molecule has 4 N–H and O–H groups in total. The zero-order valence-electron chi connectivity index (χ0n) is 10.1. The molecule has 0 bridgehead atoms. The van der Waals surface area contributed by atoms with Gasteiger partial charge in [0.15, 0.2) is 0 Å². The number of hydrogen-bond donors (Lipinski definition) is 3. The lowest BCUT2D eigenvalue weighted by Crippen LogP contribution is -2.25. The number of nitrogens with two attached hydrogens (primary N) is 1. The van der Waals surface area contributed by atoms with Crippen LogP contribution >= 0.6 is 11.6 Å². The van der Waals surface area contributed by atoms with E-state index in [-0.39, 0.29) is 5.91 Å². The molecular formula is C13H13ClN4O. The highest BCUT2D eigenvalue weighted by atomic mass is 35.5. The first kappa shape index (κ1) is 13.3. The van der Waals surface area contributed by atoms with Crippen molar-refractivity contribution in [2.75, 3.05) is 5.43 Å². The lowest BCUT2D eigenvalue weighted by Gasteiger charge is -2.09. The second-order valence-corrected chi connectivity index (χ2v) is 4.25. The largest absolute Gasteiger partial charge is 0.348 e. The van der Waals surface area contributed by atoms with Gasteiger partial charge in [0.25, 0.3) is 5.91 Å². The van der Waals surface area contributed by atoms with E-state index < -0.39 is 0 Å². The van der Waals surface area contributed by atoms with Gasteiger partial charge in [0, 0.05) is 24.0 Å². The molecule has 0 unspecified atom stereocenters. The number of benzene rings is 1. The van der Waals surface area contributed by atoms with Crippen LogP contribution < -0.4 is 16.6 Å². The van der Waals surface area contributed by atoms with Crippen LogP contribution in [-0.2, 0) is 6.54 Å². The van der Waals surface area contributed by atoms with E-state index in [0.717, 1.165) is 5.56 Å². The van der Waals surface area contributed by atoms with E-state index in [9.17, 15) is 4.79 Å². The molecule has 0 saturated carbocycles. The first-order valence-corrected chi connectivity index (χ1v) is 6.02. The summed E-state index contributed by atoms with van der Waals surface area (Å²) in [7, 11) is 0. The third-order valence-electron chi connectivity index (χ3n) is 2.62. The van der Waals surface area contributed by atoms with Gasteiger partial charge in [0.2, 0.25) is 0 Å². The number of carbonyl (C=O) groups excluding carboxylic acids is 1. The highest BCUT2D eigenvalue weighted by molar-refractivity contribution is 6.31. The standard InChI is InChI=1S/C13H13ClN4O/c14-11-4-2-1-3-9(11)7-17-13(19)10-8-16-6-5-12(10)18-15/h1-6,8H,7,15H2,(H,16,18)(H,17,19). The number of carbonyl (C=O) groups is 1. The van der Waals surface area contributed by atoms with E-state index in [4.69, 9.17) is 17.4 Å². The molecule has 0 atom stereocenters. The van der Waals surface area contributed by atoms with Crippen molar-refractivity contribution in [3.63, 3.8) is 0 Å². The molecule has 1 amide bonds. The van der Waals surface area contributed by atoms with Gasteiger partial charge in [-0.3, -0.25) is 15.6 Å². The molecule has 0 radical (unpaired) electrons. The van der Waals surface area contributed by atoms with Crippen LogP contribution in [0.2, 0.25) is 5.02 Å². The first-order valence-electron chi connectivity index (χ1n) is 5.64. The number of hydrogen-bond acceptors (Lipinski definition) is 4. The Morgan fingerprint density at radius 2 is 2.11 bits per heavy atom. The fourth-order valence-electron chi connectivity index (χ4n) is 1.61. The molecule has 5 nitrogen and oxygen atoms in total. The molecule has 1 aromatic heterocycles. The molecule has 0 saturated heterocycles. The van der Waals surface area contributed by atoms with Gasteiger partial charge in [-0.05, 0) is 17.7 Å². The van der Waals surface area contributed by atoms with Crippen LogP contribution in [0.5, 0.6) is 0 Å². The van der Waals surface area contributed by atoms with E-state index in [0.29, 0.717) is 22.8 Å². The lowest BCUT2D eigenvalue weighted by molar-refractivity contribution is 0.0951. The quantitative estimate of drug-likeness (QED) is 0.589. The minimum atomic E-state index is -0.263. The summed E-state index contributed by atoms with van der Waals surface area (Å²) in [4.78, 5) is 15.9. The average molecular weight is 277 g/mol. The third kappa shape index (κ3) is 3.21. The molecule has 1 heterocycles. The summed E-state index contributed by atoms with van der Waals surface area (Å²) in [5.41, 5.74) is 4.22. The van der Waals surface area contributed by atoms with E-state index >= 15 is 0 Å². The van der Waals surface area contributed by atoms with E-state index in [2.05, 4.69) is 15.7 Å². The Hall–Kier alpha value is -2.11. The molecule has 0 spiro atoms. The van der Waals surface area contributed by atoms with E-state index in [1.807, 2.05) is 18.2 Å². The fourth-order valence-corrected chi connectivity index (χ4v) is 1.82. The second kappa shape index (κ2) is 6.17. The molecule has 0 aliphatic carbocycles. The van der Waals surface area contributed by atoms with Crippen LogP contribution in [0.15, 0.2) is 42.7 Å². The summed E-state index contributed by atoms with van der Waals surface area (Å²) in [5, 5.41) is 3.39. The first-order chi connectivity index (χ1) is 9.22. The molecule has 0 aliphatic rings. The molecule has 98 valence electrons. The van der Waals surface area contributed by atoms with Crippen LogP contribution in [0.3, 0.4) is 0 Å². The maximum absolute atomic E-state index is 12.0. The predicted octanol–water partition coefficient (Wildman–Crippen LogP) is 1.95. The number of anilines is 1. The highest BCUT2D eigenvalue weighted by Crippen LogP contribution is 2.15. The Bertz CT molecular complexity index is 588. The van der Waals surface area contributed by atoms with E-state index in [1.54, 1.807) is 18.3 Å². The second-order valence-electron chi connectivity index (χ2n) is 3.84. The number of amides is 1. The molecule has 6 heteroatoms. The van der Waals surface area contributed by atoms with Gasteiger partial charge in [-0.2, -0.15) is 0 Å². The van der Waals surface area contributed by atoms with Gasteiger partial charge >= 0.3 is 0 Å². The topological polar surface area (TPSA) is 80.0 Å². The molecular weight excluding hydrogens is 264 g/mol. The summed E-state index contributed by atoms with van der Waals surface area (Å²) in [5.74, 6) is 5.08. The number of halogens is 1. The van der Waals surface area contributed by atoms with Crippen molar-refractivity contribution in [3.8, 4) is 0 Å². The van der Waals surface area contributed by atoms with Crippen LogP contribution in [0.1, 0.15) is 15.9 Å². The number of rotatable bonds is 4. The molecule has 1 aromatic carbocycles. The Morgan fingerprint density at radius 1 is 1.32 bits per heavy atom. The number of nitrogen functional groups attached to an aromatic ring is 1. The van der Waals surface area contributed by atoms with Gasteiger partial charge in [-0.1, -0.05) is 29.8 Å². The fraction of sp³-hybridized carbons (Fsp3) is 0.0769. The third-order valence-corrected chi connectivity index (χ3v) is 2.99. The van der Waals surface area contributed by atoms with Crippen molar-refractivity contribution in [1.82, 2.24) is 10.3 Å². The van der Waals surface area contributed by atoms with Crippen LogP contribution in [0.25, 0.3) is 0 Å². The Kier molecular flexibility index (Phi) is 4.33. The van der Waals surface area contributed by atoms with Crippen molar-refractivity contribution in [1.29, 1.82) is 0 Å². The minimum absolute atomic E-state index is 0.263. The smallest absolute Gasteiger partial charge is 0.255 e. The number of nitrogens with one attached hydrogen (secondary N) is 2. The number of nitrogens with zero attached hydrogens (tertiary/aromatic N) is 1. The van der Waals surface area contributed by atoms with Crippen LogP contribution in [0.4, 0.5) is 5.69 Å². The lowest BCUT2D eigenvalue weighted by atomic mass is 10.2. The molecule has 0 aliphatic heterocycles. The summed E-state index contributed by atoms with van der Waals surface area (Å²) in [6, 6.07) is 8.97. The van der Waals surface area contributed by atoms with Gasteiger partial charge in [0.1, 0.15) is 0 Å². The number of hydrazine groups is 1. The zero-order valence-corrected chi connectivity index (χ0v) is 10.8. The Labute approximate surface area is 115 Å². The Balaban J connectivity index is 2.08. The summed E-state index contributed by atoms with van der Waals surface area (Å²) < 4.78 is 0. The molecule has 2 aromatic rings. The van der Waals surface area contributed by atoms with Crippen molar-refractivity contribution >= 4 is 23.2 Å². The number of aromatic nitrogens is 1. The Morgan fingerprint density at radius 3 is 2.84 bits per heavy atom. The van der Waals surface area contributed by atoms with Gasteiger partial charge < -0.3 is 10.7 Å². The van der Waals surface area contributed by atoms with Gasteiger partial charge in [-0.25, -0.2) is 0 Å². The summed E-state index contributed by atoms with van der Waals surface area (Å²) >= 11 is 6.02. The highest BCUT2D eigenvalue weighted by Gasteiger charge is 2.11. The average Bonchev–Trinajstić information content (AvgIpc) is 2.46. The van der Waals surface area contributed by atoms with Crippen LogP contribution in [0, 0.1) is 0 Å². The summed E-state index contributed by atoms with van der Waals surface area (Å²) in [6.45, 7) is 0.345. The SMILES string of the molecule is NNc1ccncc1C(=O)NCc1ccccc1Cl. The predicted molar refractivity (Wildman–Crippen MR) is 74.7 cm³/mol. The van der Waals surface area contributed by atoms with Crippen LogP contribution in [-0.4, -0.2) is 10.9 Å². The zero-order chi connectivity index (χ0) is 13.7. The van der Waals surface area contributed by atoms with Gasteiger partial charge in [0.05, 0.1) is 11.3 Å². The van der Waals surface area contributed by atoms with Crippen molar-refractivity contribution < 1.29 is 4.79 Å². The molecule has 2 rings (SSSR count). The van der Waals surface area contributed by atoms with Crippen molar-refractivity contribution in [2.45, 2.75) is 6.54 Å². The monoisotopic (exact) mass is 276 g/mol. The summed E-state index contributed by atoms with van der Waals surface area (Å²) in [6.07, 6.45) is 3.01. The molecule has 0 fully saturated rings. The maximum Gasteiger partial charge on any atom is 0.255 e. The van der Waals surface area contributed by atoms with Gasteiger partial charge in [-0.15, -0.1) is 0 Å².